The average Bonchev–Trinajstić information content (AvgIpc) is 2.85. The fourth-order valence-electron chi connectivity index (χ4n) is 2.10. The second-order valence-electron chi connectivity index (χ2n) is 4.30. The Morgan fingerprint density at radius 1 is 1.21 bits per heavy atom. The van der Waals surface area contributed by atoms with E-state index in [0.29, 0.717) is 5.56 Å². The Morgan fingerprint density at radius 3 is 2.74 bits per heavy atom. The van der Waals surface area contributed by atoms with Gasteiger partial charge >= 0.3 is 0 Å². The van der Waals surface area contributed by atoms with Crippen molar-refractivity contribution in [2.45, 2.75) is 11.4 Å². The molecular weight excluding hydrogens is 256 g/mol. The van der Waals surface area contributed by atoms with Crippen LogP contribution in [0.3, 0.4) is 0 Å². The molecular formula is C15H11N2OS. The number of hydrogen-bond acceptors (Lipinski definition) is 2. The minimum absolute atomic E-state index is 0.0166. The Kier molecular flexibility index (Phi) is 2.98. The fraction of sp³-hybridized carbons (Fsp3) is 0.0667. The van der Waals surface area contributed by atoms with Crippen LogP contribution in [0.15, 0.2) is 57.3 Å². The van der Waals surface area contributed by atoms with Crippen LogP contribution in [-0.4, -0.2) is 4.57 Å². The van der Waals surface area contributed by atoms with Gasteiger partial charge in [-0.3, -0.25) is 4.79 Å². The maximum Gasteiger partial charge on any atom is 0.190 e. The number of nitriles is 1. The molecule has 19 heavy (non-hydrogen) atoms. The number of nitrogens with zero attached hydrogens (tertiary/aromatic N) is 2. The summed E-state index contributed by atoms with van der Waals surface area (Å²) in [5.74, 6) is 0. The predicted octanol–water partition coefficient (Wildman–Crippen LogP) is 2.60. The molecule has 0 N–H and O–H groups in total. The molecule has 3 rings (SSSR count). The van der Waals surface area contributed by atoms with Gasteiger partial charge in [0.25, 0.3) is 0 Å². The molecule has 0 aliphatic carbocycles. The Morgan fingerprint density at radius 2 is 2.00 bits per heavy atom. The van der Waals surface area contributed by atoms with E-state index in [1.807, 2.05) is 24.3 Å². The minimum atomic E-state index is -0.0166. The highest BCUT2D eigenvalue weighted by atomic mass is 32.2. The van der Waals surface area contributed by atoms with E-state index in [1.165, 1.54) is 22.4 Å². The molecule has 1 aromatic carbocycles. The standard InChI is InChI=1S/C15H11N2OS/c16-10-17-7-6-14(18)13-9-12(19-15(13)17)8-11-4-2-1-3-5-11/h1-7,9,19H,8H2. The van der Waals surface area contributed by atoms with Crippen molar-refractivity contribution in [3.8, 4) is 6.19 Å². The lowest BCUT2D eigenvalue weighted by Crippen LogP contribution is -2.08. The number of thiol groups is 1. The maximum atomic E-state index is 11.8. The van der Waals surface area contributed by atoms with Gasteiger partial charge in [0.2, 0.25) is 0 Å². The second-order valence-corrected chi connectivity index (χ2v) is 5.52. The molecule has 0 unspecified atom stereocenters. The summed E-state index contributed by atoms with van der Waals surface area (Å²) >= 11 is 0.949. The molecule has 1 aliphatic rings. The summed E-state index contributed by atoms with van der Waals surface area (Å²) in [7, 11) is 0. The third-order valence-electron chi connectivity index (χ3n) is 3.01. The van der Waals surface area contributed by atoms with Gasteiger partial charge in [0.05, 0.1) is 10.6 Å². The van der Waals surface area contributed by atoms with Crippen LogP contribution in [0.4, 0.5) is 0 Å². The highest BCUT2D eigenvalue weighted by Crippen LogP contribution is 2.38. The van der Waals surface area contributed by atoms with E-state index in [-0.39, 0.29) is 5.43 Å². The summed E-state index contributed by atoms with van der Waals surface area (Å²) in [4.78, 5) is 13.0. The zero-order chi connectivity index (χ0) is 13.2. The van der Waals surface area contributed by atoms with Crippen LogP contribution < -0.4 is 5.43 Å². The van der Waals surface area contributed by atoms with Crippen LogP contribution in [0.2, 0.25) is 0 Å². The Bertz CT molecular complexity index is 754. The SMILES string of the molecule is N#Cn1ccc(=O)c2c1[SH]C(Cc1ccccc1)=C2. The van der Waals surface area contributed by atoms with Gasteiger partial charge in [0.15, 0.2) is 11.6 Å². The molecule has 0 saturated heterocycles. The van der Waals surface area contributed by atoms with Crippen molar-refractivity contribution < 1.29 is 0 Å². The van der Waals surface area contributed by atoms with E-state index in [4.69, 9.17) is 5.26 Å². The van der Waals surface area contributed by atoms with Crippen molar-refractivity contribution in [3.63, 3.8) is 0 Å². The van der Waals surface area contributed by atoms with Crippen LogP contribution in [0.25, 0.3) is 6.08 Å². The smallest absolute Gasteiger partial charge is 0.190 e. The summed E-state index contributed by atoms with van der Waals surface area (Å²) in [6, 6.07) is 11.6. The van der Waals surface area contributed by atoms with Gasteiger partial charge in [-0.15, -0.1) is 11.8 Å². The molecule has 1 radical (unpaired) electrons. The summed E-state index contributed by atoms with van der Waals surface area (Å²) in [5.41, 5.74) is 1.85. The van der Waals surface area contributed by atoms with Crippen LogP contribution in [0.1, 0.15) is 11.1 Å². The Hall–Kier alpha value is -2.25. The molecule has 1 aromatic heterocycles. The summed E-state index contributed by atoms with van der Waals surface area (Å²) in [6.45, 7) is 0. The van der Waals surface area contributed by atoms with Crippen LogP contribution in [0.5, 0.6) is 0 Å². The number of benzene rings is 1. The Balaban J connectivity index is 1.94. The van der Waals surface area contributed by atoms with E-state index < -0.39 is 0 Å². The third kappa shape index (κ3) is 2.20. The highest BCUT2D eigenvalue weighted by molar-refractivity contribution is 8.03. The number of hydrogen-bond donors (Lipinski definition) is 1. The fourth-order valence-corrected chi connectivity index (χ4v) is 3.35. The van der Waals surface area contributed by atoms with Crippen LogP contribution in [0, 0.1) is 11.5 Å². The second kappa shape index (κ2) is 4.79. The molecule has 1 aliphatic heterocycles. The van der Waals surface area contributed by atoms with E-state index in [2.05, 4.69) is 18.3 Å². The van der Waals surface area contributed by atoms with E-state index in [0.717, 1.165) is 28.1 Å². The van der Waals surface area contributed by atoms with Crippen molar-refractivity contribution >= 4 is 17.8 Å². The number of rotatable bonds is 2. The van der Waals surface area contributed by atoms with Crippen molar-refractivity contribution in [1.82, 2.24) is 4.57 Å². The number of allylic oxidation sites excluding steroid dienone is 1. The van der Waals surface area contributed by atoms with Crippen molar-refractivity contribution in [3.05, 3.63) is 68.9 Å². The first-order chi connectivity index (χ1) is 9.28. The van der Waals surface area contributed by atoms with Crippen molar-refractivity contribution in [1.29, 1.82) is 5.26 Å². The largest absolute Gasteiger partial charge is 0.289 e. The van der Waals surface area contributed by atoms with E-state index in [9.17, 15) is 4.79 Å². The topological polar surface area (TPSA) is 45.8 Å². The van der Waals surface area contributed by atoms with Gasteiger partial charge in [-0.05, 0) is 16.5 Å². The van der Waals surface area contributed by atoms with Crippen molar-refractivity contribution in [2.75, 3.05) is 0 Å². The first kappa shape index (κ1) is 11.8. The molecule has 2 heterocycles. The number of pyridine rings is 1. The molecule has 2 aromatic rings. The molecule has 4 heteroatoms. The molecule has 0 bridgehead atoms. The monoisotopic (exact) mass is 267 g/mol. The van der Waals surface area contributed by atoms with Crippen LogP contribution >= 0.6 is 11.8 Å². The highest BCUT2D eigenvalue weighted by Gasteiger charge is 2.18. The summed E-state index contributed by atoms with van der Waals surface area (Å²) in [5, 5.41) is 9.83. The van der Waals surface area contributed by atoms with Crippen molar-refractivity contribution in [2.24, 2.45) is 0 Å². The van der Waals surface area contributed by atoms with E-state index in [1.54, 1.807) is 0 Å². The average molecular weight is 267 g/mol. The number of fused-ring (bicyclic) bond motifs is 1. The molecule has 0 atom stereocenters. The van der Waals surface area contributed by atoms with Gasteiger partial charge in [-0.25, -0.2) is 4.57 Å². The first-order valence-electron chi connectivity index (χ1n) is 5.90. The number of aromatic nitrogens is 1. The minimum Gasteiger partial charge on any atom is -0.289 e. The normalized spacial score (nSPS) is 12.7. The maximum absolute atomic E-state index is 11.8. The van der Waals surface area contributed by atoms with Gasteiger partial charge in [-0.1, -0.05) is 30.3 Å². The Labute approximate surface area is 114 Å². The zero-order valence-electron chi connectivity index (χ0n) is 10.1. The molecule has 0 spiro atoms. The first-order valence-corrected chi connectivity index (χ1v) is 6.79. The summed E-state index contributed by atoms with van der Waals surface area (Å²) < 4.78 is 1.47. The molecule has 0 saturated carbocycles. The van der Waals surface area contributed by atoms with Gasteiger partial charge in [0.1, 0.15) is 0 Å². The predicted molar refractivity (Wildman–Crippen MR) is 77.1 cm³/mol. The molecule has 93 valence electrons. The van der Waals surface area contributed by atoms with Gasteiger partial charge < -0.3 is 0 Å². The quantitative estimate of drug-likeness (QED) is 0.850. The third-order valence-corrected chi connectivity index (χ3v) is 4.25. The molecule has 0 amide bonds. The molecule has 0 fully saturated rings. The van der Waals surface area contributed by atoms with E-state index >= 15 is 0 Å². The summed E-state index contributed by atoms with van der Waals surface area (Å²) in [6.07, 6.45) is 6.34. The lowest BCUT2D eigenvalue weighted by atomic mass is 10.1. The van der Waals surface area contributed by atoms with Gasteiger partial charge in [-0.2, -0.15) is 5.26 Å². The zero-order valence-corrected chi connectivity index (χ0v) is 11.0. The van der Waals surface area contributed by atoms with Crippen LogP contribution in [-0.2, 0) is 6.42 Å². The lowest BCUT2D eigenvalue weighted by Gasteiger charge is -2.05. The van der Waals surface area contributed by atoms with Gasteiger partial charge in [0, 0.05) is 18.7 Å². The lowest BCUT2D eigenvalue weighted by molar-refractivity contribution is 0.926. The molecule has 3 nitrogen and oxygen atoms in total.